The Morgan fingerprint density at radius 2 is 1.72 bits per heavy atom. The number of amides is 1. The van der Waals surface area contributed by atoms with Crippen molar-refractivity contribution in [2.75, 3.05) is 57.4 Å². The van der Waals surface area contributed by atoms with Crippen LogP contribution in [0.4, 0.5) is 5.13 Å². The number of thiazole rings is 1. The Bertz CT molecular complexity index is 1330. The molecule has 2 aromatic carbocycles. The Hall–Kier alpha value is -2.08. The zero-order valence-corrected chi connectivity index (χ0v) is 25.2. The first kappa shape index (κ1) is 29.9. The summed E-state index contributed by atoms with van der Waals surface area (Å²) < 4.78 is 34.2. The molecule has 0 atom stereocenters. The average Bonchev–Trinajstić information content (AvgIpc) is 3.40. The summed E-state index contributed by atoms with van der Waals surface area (Å²) in [6.45, 7) is 11.4. The molecule has 39 heavy (non-hydrogen) atoms. The molecule has 0 N–H and O–H groups in total. The van der Waals surface area contributed by atoms with Gasteiger partial charge < -0.3 is 4.74 Å². The zero-order chi connectivity index (χ0) is 28.0. The topological polar surface area (TPSA) is 83.1 Å². The Morgan fingerprint density at radius 3 is 2.33 bits per heavy atom. The number of morpholine rings is 1. The number of fused-ring (bicyclic) bond motifs is 1. The van der Waals surface area contributed by atoms with E-state index in [2.05, 4.69) is 4.90 Å². The number of aryl methyl sites for hydroxylation is 1. The number of nitrogens with zero attached hydrogens (tertiary/aromatic N) is 4. The molecule has 11 heteroatoms. The number of sulfonamides is 1. The van der Waals surface area contributed by atoms with Crippen LogP contribution in [0.15, 0.2) is 41.3 Å². The minimum Gasteiger partial charge on any atom is -0.379 e. The number of carbonyl (C=O) groups is 1. The second-order valence-corrected chi connectivity index (χ2v) is 13.1. The van der Waals surface area contributed by atoms with Gasteiger partial charge in [0.25, 0.3) is 5.91 Å². The molecule has 1 amide bonds. The number of benzene rings is 2. The van der Waals surface area contributed by atoms with Gasteiger partial charge in [-0.1, -0.05) is 42.9 Å². The van der Waals surface area contributed by atoms with Crippen molar-refractivity contribution in [2.45, 2.75) is 44.9 Å². The van der Waals surface area contributed by atoms with Crippen LogP contribution in [0.5, 0.6) is 0 Å². The number of carbonyl (C=O) groups excluding carboxylic acids is 1. The van der Waals surface area contributed by atoms with Gasteiger partial charge in [0.05, 0.1) is 33.3 Å². The van der Waals surface area contributed by atoms with Crippen molar-refractivity contribution >= 4 is 54.2 Å². The fraction of sp³-hybridized carbons (Fsp3) is 0.500. The summed E-state index contributed by atoms with van der Waals surface area (Å²) in [5.41, 5.74) is 2.21. The van der Waals surface area contributed by atoms with Crippen LogP contribution in [0, 0.1) is 6.92 Å². The standard InChI is InChI=1S/C28H37ClN4O4S2/c1-4-13-32(14-5-2)39(35,36)23-10-8-22(9-11-23)27(34)33(16-6-15-31-17-19-37-20-18-31)28-30-25-21(3)7-12-24(29)26(25)38-28/h7-12H,4-6,13-20H2,1-3H3. The fourth-order valence-corrected chi connectivity index (χ4v) is 7.66. The molecule has 2 heterocycles. The van der Waals surface area contributed by atoms with Crippen molar-refractivity contribution in [3.63, 3.8) is 0 Å². The van der Waals surface area contributed by atoms with Crippen molar-refractivity contribution in [3.8, 4) is 0 Å². The van der Waals surface area contributed by atoms with E-state index in [0.29, 0.717) is 35.4 Å². The predicted octanol–water partition coefficient (Wildman–Crippen LogP) is 5.44. The summed E-state index contributed by atoms with van der Waals surface area (Å²) in [5, 5.41) is 1.19. The monoisotopic (exact) mass is 592 g/mol. The molecule has 0 bridgehead atoms. The van der Waals surface area contributed by atoms with Crippen LogP contribution in [0.1, 0.15) is 49.0 Å². The van der Waals surface area contributed by atoms with Crippen molar-refractivity contribution in [1.82, 2.24) is 14.2 Å². The quantitative estimate of drug-likeness (QED) is 0.279. The second-order valence-electron chi connectivity index (χ2n) is 9.73. The van der Waals surface area contributed by atoms with E-state index >= 15 is 0 Å². The number of halogens is 1. The highest BCUT2D eigenvalue weighted by molar-refractivity contribution is 7.89. The van der Waals surface area contributed by atoms with Crippen LogP contribution < -0.4 is 4.90 Å². The molecule has 3 aromatic rings. The van der Waals surface area contributed by atoms with E-state index in [1.165, 1.54) is 27.8 Å². The molecule has 1 saturated heterocycles. The summed E-state index contributed by atoms with van der Waals surface area (Å²) >= 11 is 7.87. The molecule has 1 fully saturated rings. The molecular formula is C28H37ClN4O4S2. The predicted molar refractivity (Wildman–Crippen MR) is 159 cm³/mol. The molecule has 8 nitrogen and oxygen atoms in total. The number of ether oxygens (including phenoxy) is 1. The van der Waals surface area contributed by atoms with Gasteiger partial charge in [0.1, 0.15) is 0 Å². The normalized spacial score (nSPS) is 14.8. The summed E-state index contributed by atoms with van der Waals surface area (Å²) in [7, 11) is -3.63. The lowest BCUT2D eigenvalue weighted by molar-refractivity contribution is 0.0376. The van der Waals surface area contributed by atoms with Gasteiger partial charge in [-0.3, -0.25) is 14.6 Å². The van der Waals surface area contributed by atoms with Gasteiger partial charge in [0, 0.05) is 44.8 Å². The number of hydrogen-bond donors (Lipinski definition) is 0. The van der Waals surface area contributed by atoms with Gasteiger partial charge in [-0.05, 0) is 62.1 Å². The molecular weight excluding hydrogens is 556 g/mol. The van der Waals surface area contributed by atoms with Crippen molar-refractivity contribution in [3.05, 3.63) is 52.5 Å². The van der Waals surface area contributed by atoms with E-state index in [4.69, 9.17) is 21.3 Å². The maximum Gasteiger partial charge on any atom is 0.260 e. The van der Waals surface area contributed by atoms with E-state index in [0.717, 1.165) is 67.9 Å². The van der Waals surface area contributed by atoms with Gasteiger partial charge in [-0.25, -0.2) is 13.4 Å². The Kier molecular flexibility index (Phi) is 10.4. The third kappa shape index (κ3) is 6.99. The van der Waals surface area contributed by atoms with Crippen LogP contribution in [0.25, 0.3) is 10.2 Å². The van der Waals surface area contributed by atoms with E-state index in [1.54, 1.807) is 17.0 Å². The molecule has 1 aromatic heterocycles. The van der Waals surface area contributed by atoms with Crippen LogP contribution in [-0.4, -0.2) is 81.0 Å². The van der Waals surface area contributed by atoms with E-state index in [1.807, 2.05) is 32.9 Å². The molecule has 4 rings (SSSR count). The van der Waals surface area contributed by atoms with Gasteiger partial charge >= 0.3 is 0 Å². The van der Waals surface area contributed by atoms with Crippen molar-refractivity contribution in [1.29, 1.82) is 0 Å². The Morgan fingerprint density at radius 1 is 1.05 bits per heavy atom. The van der Waals surface area contributed by atoms with Crippen LogP contribution in [0.2, 0.25) is 5.02 Å². The van der Waals surface area contributed by atoms with E-state index in [-0.39, 0.29) is 10.8 Å². The molecule has 0 saturated carbocycles. The maximum atomic E-state index is 13.8. The van der Waals surface area contributed by atoms with E-state index < -0.39 is 10.0 Å². The van der Waals surface area contributed by atoms with Crippen molar-refractivity contribution < 1.29 is 17.9 Å². The summed E-state index contributed by atoms with van der Waals surface area (Å²) in [5.74, 6) is -0.215. The third-order valence-electron chi connectivity index (χ3n) is 6.81. The second kappa shape index (κ2) is 13.5. The Balaban J connectivity index is 1.60. The molecule has 0 radical (unpaired) electrons. The first-order valence-corrected chi connectivity index (χ1v) is 16.2. The van der Waals surface area contributed by atoms with Crippen LogP contribution in [-0.2, 0) is 14.8 Å². The maximum absolute atomic E-state index is 13.8. The van der Waals surface area contributed by atoms with Crippen molar-refractivity contribution in [2.24, 2.45) is 0 Å². The number of hydrogen-bond acceptors (Lipinski definition) is 7. The lowest BCUT2D eigenvalue weighted by atomic mass is 10.2. The minimum absolute atomic E-state index is 0.196. The fourth-order valence-electron chi connectivity index (χ4n) is 4.69. The lowest BCUT2D eigenvalue weighted by Crippen LogP contribution is -2.39. The highest BCUT2D eigenvalue weighted by atomic mass is 35.5. The lowest BCUT2D eigenvalue weighted by Gasteiger charge is -2.27. The van der Waals surface area contributed by atoms with Gasteiger partial charge in [0.15, 0.2) is 5.13 Å². The average molecular weight is 593 g/mol. The van der Waals surface area contributed by atoms with Gasteiger partial charge in [-0.2, -0.15) is 4.31 Å². The SMILES string of the molecule is CCCN(CCC)S(=O)(=O)c1ccc(C(=O)N(CCCN2CCOCC2)c2nc3c(C)ccc(Cl)c3s2)cc1. The first-order valence-electron chi connectivity index (χ1n) is 13.5. The highest BCUT2D eigenvalue weighted by Crippen LogP contribution is 2.36. The number of anilines is 1. The molecule has 1 aliphatic heterocycles. The Labute approximate surface area is 240 Å². The van der Waals surface area contributed by atoms with Gasteiger partial charge in [0.2, 0.25) is 10.0 Å². The van der Waals surface area contributed by atoms with E-state index in [9.17, 15) is 13.2 Å². The van der Waals surface area contributed by atoms with Crippen LogP contribution in [0.3, 0.4) is 0 Å². The third-order valence-corrected chi connectivity index (χ3v) is 10.3. The molecule has 212 valence electrons. The molecule has 1 aliphatic rings. The highest BCUT2D eigenvalue weighted by Gasteiger charge is 2.26. The smallest absolute Gasteiger partial charge is 0.260 e. The van der Waals surface area contributed by atoms with Gasteiger partial charge in [-0.15, -0.1) is 0 Å². The first-order chi connectivity index (χ1) is 18.8. The largest absolute Gasteiger partial charge is 0.379 e. The number of rotatable bonds is 12. The zero-order valence-electron chi connectivity index (χ0n) is 22.9. The minimum atomic E-state index is -3.63. The molecule has 0 spiro atoms. The summed E-state index contributed by atoms with van der Waals surface area (Å²) in [4.78, 5) is 22.9. The summed E-state index contributed by atoms with van der Waals surface area (Å²) in [6.07, 6.45) is 2.24. The number of aromatic nitrogens is 1. The molecule has 0 unspecified atom stereocenters. The van der Waals surface area contributed by atoms with Crippen LogP contribution >= 0.6 is 22.9 Å². The molecule has 0 aliphatic carbocycles. The summed E-state index contributed by atoms with van der Waals surface area (Å²) in [6, 6.07) is 10.1.